The Kier molecular flexibility index (Phi) is 3.27. The molecule has 0 spiro atoms. The molecule has 3 N–H and O–H groups in total. The second-order valence-electron chi connectivity index (χ2n) is 2.50. The van der Waals surface area contributed by atoms with Crippen molar-refractivity contribution in [1.82, 2.24) is 4.98 Å². The monoisotopic (exact) mass is 188 g/mol. The lowest BCUT2D eigenvalue weighted by Gasteiger charge is -2.06. The molecule has 0 radical (unpaired) electrons. The molecule has 0 unspecified atom stereocenters. The number of rotatable bonds is 3. The Hall–Kier alpha value is -1.07. The van der Waals surface area contributed by atoms with E-state index in [1.807, 2.05) is 0 Å². The van der Waals surface area contributed by atoms with Gasteiger partial charge in [-0.2, -0.15) is 0 Å². The van der Waals surface area contributed by atoms with Gasteiger partial charge in [0.05, 0.1) is 12.3 Å². The average molecular weight is 188 g/mol. The van der Waals surface area contributed by atoms with Crippen molar-refractivity contribution in [3.05, 3.63) is 29.1 Å². The number of halogens is 2. The number of aromatic nitrogens is 1. The molecule has 1 heterocycles. The molecule has 0 amide bonds. The highest BCUT2D eigenvalue weighted by Crippen LogP contribution is 2.18. The first-order valence-electron chi connectivity index (χ1n) is 3.76. The Bertz CT molecular complexity index is 291. The minimum atomic E-state index is -2.61. The third kappa shape index (κ3) is 2.19. The van der Waals surface area contributed by atoms with Crippen LogP contribution < -0.4 is 5.73 Å². The van der Waals surface area contributed by atoms with Crippen molar-refractivity contribution < 1.29 is 13.9 Å². The molecule has 1 aromatic rings. The van der Waals surface area contributed by atoms with Crippen molar-refractivity contribution in [3.63, 3.8) is 0 Å². The van der Waals surface area contributed by atoms with E-state index in [0.29, 0.717) is 5.56 Å². The van der Waals surface area contributed by atoms with Gasteiger partial charge in [0.1, 0.15) is 5.69 Å². The smallest absolute Gasteiger partial charge is 0.280 e. The summed E-state index contributed by atoms with van der Waals surface area (Å²) in [5.74, 6) is 0. The Morgan fingerprint density at radius 1 is 1.46 bits per heavy atom. The normalized spacial score (nSPS) is 10.8. The number of nitrogens with two attached hydrogens (primary N) is 1. The molecule has 0 saturated carbocycles. The quantitative estimate of drug-likeness (QED) is 0.743. The van der Waals surface area contributed by atoms with E-state index in [1.54, 1.807) is 0 Å². The lowest BCUT2D eigenvalue weighted by Crippen LogP contribution is -2.06. The maximum Gasteiger partial charge on any atom is 0.280 e. The summed E-state index contributed by atoms with van der Waals surface area (Å²) in [5.41, 5.74) is 5.79. The van der Waals surface area contributed by atoms with Gasteiger partial charge in [0.25, 0.3) is 6.43 Å². The summed E-state index contributed by atoms with van der Waals surface area (Å²) in [6, 6.07) is 2.67. The summed E-state index contributed by atoms with van der Waals surface area (Å²) in [4.78, 5) is 3.58. The highest BCUT2D eigenvalue weighted by molar-refractivity contribution is 5.22. The zero-order chi connectivity index (χ0) is 9.84. The van der Waals surface area contributed by atoms with Crippen LogP contribution in [0.3, 0.4) is 0 Å². The predicted molar refractivity (Wildman–Crippen MR) is 43.0 cm³/mol. The van der Waals surface area contributed by atoms with Crippen LogP contribution in [0.2, 0.25) is 0 Å². The molecule has 0 fully saturated rings. The van der Waals surface area contributed by atoms with Gasteiger partial charge in [0.2, 0.25) is 0 Å². The molecular formula is C8H10F2N2O. The molecule has 0 aliphatic heterocycles. The number of alkyl halides is 2. The maximum absolute atomic E-state index is 12.1. The van der Waals surface area contributed by atoms with Gasteiger partial charge < -0.3 is 10.8 Å². The fourth-order valence-corrected chi connectivity index (χ4v) is 0.991. The fraction of sp³-hybridized carbons (Fsp3) is 0.375. The predicted octanol–water partition coefficient (Wildman–Crippen LogP) is 0.970. The van der Waals surface area contributed by atoms with Crippen LogP contribution in [0.4, 0.5) is 8.78 Å². The van der Waals surface area contributed by atoms with Gasteiger partial charge in [-0.3, -0.25) is 0 Å². The molecule has 0 aliphatic rings. The number of aliphatic hydroxyl groups excluding tert-OH is 1. The molecule has 0 bridgehead atoms. The van der Waals surface area contributed by atoms with Crippen LogP contribution in [-0.4, -0.2) is 10.1 Å². The van der Waals surface area contributed by atoms with Gasteiger partial charge >= 0.3 is 0 Å². The first kappa shape index (κ1) is 10.0. The summed E-state index contributed by atoms with van der Waals surface area (Å²) < 4.78 is 24.3. The van der Waals surface area contributed by atoms with E-state index in [-0.39, 0.29) is 24.5 Å². The number of aliphatic hydroxyl groups is 1. The van der Waals surface area contributed by atoms with E-state index >= 15 is 0 Å². The van der Waals surface area contributed by atoms with Crippen molar-refractivity contribution in [2.75, 3.05) is 0 Å². The topological polar surface area (TPSA) is 59.1 Å². The SMILES string of the molecule is NCc1ccc(C(F)F)nc1CO. The summed E-state index contributed by atoms with van der Waals surface area (Å²) in [6.45, 7) is -0.181. The highest BCUT2D eigenvalue weighted by atomic mass is 19.3. The number of hydrogen-bond donors (Lipinski definition) is 2. The van der Waals surface area contributed by atoms with Crippen LogP contribution in [0.15, 0.2) is 12.1 Å². The Morgan fingerprint density at radius 2 is 2.15 bits per heavy atom. The van der Waals surface area contributed by atoms with Crippen LogP contribution in [0.5, 0.6) is 0 Å². The van der Waals surface area contributed by atoms with Crippen molar-refractivity contribution in [2.45, 2.75) is 19.6 Å². The second kappa shape index (κ2) is 4.25. The van der Waals surface area contributed by atoms with Gasteiger partial charge in [-0.25, -0.2) is 13.8 Å². The van der Waals surface area contributed by atoms with E-state index in [0.717, 1.165) is 0 Å². The summed E-state index contributed by atoms with van der Waals surface area (Å²) >= 11 is 0. The van der Waals surface area contributed by atoms with Crippen LogP contribution in [0.1, 0.15) is 23.4 Å². The molecule has 1 aromatic heterocycles. The highest BCUT2D eigenvalue weighted by Gasteiger charge is 2.11. The molecule has 72 valence electrons. The largest absolute Gasteiger partial charge is 0.390 e. The molecule has 13 heavy (non-hydrogen) atoms. The van der Waals surface area contributed by atoms with Gasteiger partial charge in [-0.15, -0.1) is 0 Å². The minimum Gasteiger partial charge on any atom is -0.390 e. The standard InChI is InChI=1S/C8H10F2N2O/c9-8(10)6-2-1-5(3-11)7(4-13)12-6/h1-2,8,13H,3-4,11H2. The molecule has 0 saturated heterocycles. The third-order valence-electron chi connectivity index (χ3n) is 1.68. The number of hydrogen-bond acceptors (Lipinski definition) is 3. The Morgan fingerprint density at radius 3 is 2.62 bits per heavy atom. The molecule has 3 nitrogen and oxygen atoms in total. The fourth-order valence-electron chi connectivity index (χ4n) is 0.991. The molecule has 0 aromatic carbocycles. The lowest BCUT2D eigenvalue weighted by molar-refractivity contribution is 0.145. The molecular weight excluding hydrogens is 178 g/mol. The molecule has 0 atom stereocenters. The molecule has 1 rings (SSSR count). The lowest BCUT2D eigenvalue weighted by atomic mass is 10.2. The zero-order valence-electron chi connectivity index (χ0n) is 6.87. The average Bonchev–Trinajstić information content (AvgIpc) is 2.16. The van der Waals surface area contributed by atoms with Gasteiger partial charge in [-0.05, 0) is 11.6 Å². The molecule has 5 heteroatoms. The van der Waals surface area contributed by atoms with Crippen LogP contribution in [-0.2, 0) is 13.2 Å². The Balaban J connectivity index is 3.05. The summed E-state index contributed by atoms with van der Waals surface area (Å²) in [6.07, 6.45) is -2.61. The first-order chi connectivity index (χ1) is 6.19. The first-order valence-corrected chi connectivity index (χ1v) is 3.76. The van der Waals surface area contributed by atoms with Gasteiger partial charge in [0.15, 0.2) is 0 Å². The van der Waals surface area contributed by atoms with E-state index in [9.17, 15) is 8.78 Å². The van der Waals surface area contributed by atoms with Crippen LogP contribution in [0, 0.1) is 0 Å². The molecule has 0 aliphatic carbocycles. The van der Waals surface area contributed by atoms with E-state index in [1.165, 1.54) is 12.1 Å². The maximum atomic E-state index is 12.1. The van der Waals surface area contributed by atoms with Crippen molar-refractivity contribution in [3.8, 4) is 0 Å². The van der Waals surface area contributed by atoms with Crippen molar-refractivity contribution in [1.29, 1.82) is 0 Å². The van der Waals surface area contributed by atoms with Crippen LogP contribution >= 0.6 is 0 Å². The van der Waals surface area contributed by atoms with E-state index < -0.39 is 6.43 Å². The van der Waals surface area contributed by atoms with Gasteiger partial charge in [0, 0.05) is 6.54 Å². The summed E-state index contributed by atoms with van der Waals surface area (Å²) in [7, 11) is 0. The number of pyridine rings is 1. The summed E-state index contributed by atoms with van der Waals surface area (Å²) in [5, 5.41) is 8.79. The minimum absolute atomic E-state index is 0.187. The second-order valence-corrected chi connectivity index (χ2v) is 2.50. The van der Waals surface area contributed by atoms with Gasteiger partial charge in [-0.1, -0.05) is 6.07 Å². The Labute approximate surface area is 74.2 Å². The van der Waals surface area contributed by atoms with Crippen LogP contribution in [0.25, 0.3) is 0 Å². The van der Waals surface area contributed by atoms with E-state index in [4.69, 9.17) is 10.8 Å². The van der Waals surface area contributed by atoms with Crippen molar-refractivity contribution in [2.24, 2.45) is 5.73 Å². The third-order valence-corrected chi connectivity index (χ3v) is 1.68. The van der Waals surface area contributed by atoms with E-state index in [2.05, 4.69) is 4.98 Å². The van der Waals surface area contributed by atoms with Crippen molar-refractivity contribution >= 4 is 0 Å². The zero-order valence-corrected chi connectivity index (χ0v) is 6.87. The number of nitrogens with zero attached hydrogens (tertiary/aromatic N) is 1.